The average molecular weight is 481 g/mol. The third-order valence-corrected chi connectivity index (χ3v) is 5.61. The third-order valence-electron chi connectivity index (χ3n) is 4.63. The Hall–Kier alpha value is -2.98. The van der Waals surface area contributed by atoms with Crippen molar-refractivity contribution < 1.29 is 27.8 Å². The summed E-state index contributed by atoms with van der Waals surface area (Å²) < 4.78 is 48.0. The van der Waals surface area contributed by atoms with Gasteiger partial charge in [-0.3, -0.25) is 9.36 Å². The molecule has 0 aliphatic heterocycles. The van der Waals surface area contributed by atoms with Gasteiger partial charge in [0.05, 0.1) is 11.3 Å². The molecule has 0 saturated heterocycles. The van der Waals surface area contributed by atoms with Gasteiger partial charge < -0.3 is 14.6 Å². The number of ether oxygens (including phenoxy) is 2. The molecule has 2 aromatic carbocycles. The van der Waals surface area contributed by atoms with Crippen molar-refractivity contribution in [3.63, 3.8) is 0 Å². The lowest BCUT2D eigenvalue weighted by atomic mass is 10.1. The van der Waals surface area contributed by atoms with Crippen LogP contribution in [0.25, 0.3) is 5.69 Å². The monoisotopic (exact) mass is 480 g/mol. The van der Waals surface area contributed by atoms with Crippen molar-refractivity contribution in [3.8, 4) is 17.2 Å². The van der Waals surface area contributed by atoms with E-state index in [1.54, 1.807) is 32.2 Å². The molecule has 176 valence electrons. The van der Waals surface area contributed by atoms with Crippen LogP contribution >= 0.6 is 11.8 Å². The molecule has 0 amide bonds. The molecule has 6 nitrogen and oxygen atoms in total. The van der Waals surface area contributed by atoms with Crippen LogP contribution in [0.5, 0.6) is 11.5 Å². The standard InChI is InChI=1S/C23H23F3N2O4S/c1-14-15(2)19(31-13-22(3,4)30)10-9-18(14)28-12-11-27-20(21(28)29)33-17-7-5-16(6-8-17)32-23(24,25)26/h5-12,30H,13H2,1-4H3. The molecule has 1 heterocycles. The van der Waals surface area contributed by atoms with E-state index in [1.165, 1.54) is 35.0 Å². The largest absolute Gasteiger partial charge is 0.573 e. The van der Waals surface area contributed by atoms with Gasteiger partial charge in [-0.2, -0.15) is 0 Å². The van der Waals surface area contributed by atoms with Crippen LogP contribution in [0.3, 0.4) is 0 Å². The van der Waals surface area contributed by atoms with Crippen molar-refractivity contribution in [1.29, 1.82) is 0 Å². The molecule has 1 aromatic heterocycles. The molecule has 0 spiro atoms. The molecular weight excluding hydrogens is 457 g/mol. The predicted octanol–water partition coefficient (Wildman–Crippen LogP) is 5.05. The summed E-state index contributed by atoms with van der Waals surface area (Å²) >= 11 is 1.04. The molecule has 0 fully saturated rings. The van der Waals surface area contributed by atoms with Crippen molar-refractivity contribution in [2.45, 2.75) is 49.6 Å². The molecule has 1 N–H and O–H groups in total. The maximum absolute atomic E-state index is 13.1. The predicted molar refractivity (Wildman–Crippen MR) is 118 cm³/mol. The Bertz CT molecular complexity index is 1190. The van der Waals surface area contributed by atoms with Crippen LogP contribution in [0.4, 0.5) is 13.2 Å². The number of aliphatic hydroxyl groups is 1. The van der Waals surface area contributed by atoms with Gasteiger partial charge in [-0.25, -0.2) is 4.98 Å². The molecular formula is C23H23F3N2O4S. The summed E-state index contributed by atoms with van der Waals surface area (Å²) in [6, 6.07) is 8.70. The van der Waals surface area contributed by atoms with E-state index < -0.39 is 12.0 Å². The van der Waals surface area contributed by atoms with Crippen LogP contribution in [-0.4, -0.2) is 33.2 Å². The number of aromatic nitrogens is 2. The molecule has 3 aromatic rings. The molecule has 0 bridgehead atoms. The van der Waals surface area contributed by atoms with Crippen LogP contribution in [0.2, 0.25) is 0 Å². The molecule has 0 saturated carbocycles. The van der Waals surface area contributed by atoms with Crippen LogP contribution in [0, 0.1) is 13.8 Å². The molecule has 0 aliphatic carbocycles. The van der Waals surface area contributed by atoms with Gasteiger partial charge in [-0.15, -0.1) is 13.2 Å². The summed E-state index contributed by atoms with van der Waals surface area (Å²) in [5.74, 6) is 0.263. The van der Waals surface area contributed by atoms with E-state index >= 15 is 0 Å². The lowest BCUT2D eigenvalue weighted by Gasteiger charge is -2.20. The van der Waals surface area contributed by atoms with E-state index in [-0.39, 0.29) is 22.9 Å². The molecule has 0 aliphatic rings. The number of benzene rings is 2. The normalized spacial score (nSPS) is 12.0. The van der Waals surface area contributed by atoms with Crippen LogP contribution in [0.1, 0.15) is 25.0 Å². The summed E-state index contributed by atoms with van der Waals surface area (Å²) in [5, 5.41) is 10.1. The maximum Gasteiger partial charge on any atom is 0.573 e. The van der Waals surface area contributed by atoms with Gasteiger partial charge in [0.15, 0.2) is 5.03 Å². The van der Waals surface area contributed by atoms with Gasteiger partial charge >= 0.3 is 6.36 Å². The first-order valence-electron chi connectivity index (χ1n) is 9.91. The minimum atomic E-state index is -4.77. The Balaban J connectivity index is 1.86. The smallest absolute Gasteiger partial charge is 0.490 e. The highest BCUT2D eigenvalue weighted by molar-refractivity contribution is 7.99. The highest BCUT2D eigenvalue weighted by Crippen LogP contribution is 2.30. The first-order valence-corrected chi connectivity index (χ1v) is 10.7. The zero-order valence-corrected chi connectivity index (χ0v) is 19.3. The van der Waals surface area contributed by atoms with Crippen molar-refractivity contribution in [3.05, 3.63) is 70.3 Å². The topological polar surface area (TPSA) is 73.6 Å². The number of rotatable bonds is 7. The van der Waals surface area contributed by atoms with Crippen molar-refractivity contribution in [2.24, 2.45) is 0 Å². The summed E-state index contributed by atoms with van der Waals surface area (Å²) in [6.07, 6.45) is -1.74. The summed E-state index contributed by atoms with van der Waals surface area (Å²) in [4.78, 5) is 17.7. The van der Waals surface area contributed by atoms with Gasteiger partial charge in [-0.1, -0.05) is 11.8 Å². The number of alkyl halides is 3. The summed E-state index contributed by atoms with van der Waals surface area (Å²) in [7, 11) is 0. The Morgan fingerprint density at radius 2 is 1.73 bits per heavy atom. The lowest BCUT2D eigenvalue weighted by molar-refractivity contribution is -0.274. The highest BCUT2D eigenvalue weighted by atomic mass is 32.2. The molecule has 33 heavy (non-hydrogen) atoms. The van der Waals surface area contributed by atoms with Crippen molar-refractivity contribution >= 4 is 11.8 Å². The fraction of sp³-hybridized carbons (Fsp3) is 0.304. The lowest BCUT2D eigenvalue weighted by Crippen LogP contribution is -2.28. The van der Waals surface area contributed by atoms with Crippen molar-refractivity contribution in [2.75, 3.05) is 6.61 Å². The second-order valence-electron chi connectivity index (χ2n) is 7.96. The number of nitrogens with zero attached hydrogens (tertiary/aromatic N) is 2. The number of hydrogen-bond donors (Lipinski definition) is 1. The Labute approximate surface area is 193 Å². The number of hydrogen-bond acceptors (Lipinski definition) is 6. The first-order chi connectivity index (χ1) is 15.3. The molecule has 10 heteroatoms. The second-order valence-corrected chi connectivity index (χ2v) is 9.02. The third kappa shape index (κ3) is 6.52. The second kappa shape index (κ2) is 9.48. The van der Waals surface area contributed by atoms with Gasteiger partial charge in [0.25, 0.3) is 5.56 Å². The van der Waals surface area contributed by atoms with Crippen molar-refractivity contribution in [1.82, 2.24) is 9.55 Å². The SMILES string of the molecule is Cc1c(OCC(C)(C)O)ccc(-n2ccnc(Sc3ccc(OC(F)(F)F)cc3)c2=O)c1C. The van der Waals surface area contributed by atoms with Gasteiger partial charge in [-0.05, 0) is 75.2 Å². The zero-order chi connectivity index (χ0) is 24.4. The van der Waals surface area contributed by atoms with E-state index in [2.05, 4.69) is 9.72 Å². The van der Waals surface area contributed by atoms with E-state index in [0.29, 0.717) is 16.3 Å². The van der Waals surface area contributed by atoms with E-state index in [4.69, 9.17) is 4.74 Å². The van der Waals surface area contributed by atoms with Crippen LogP contribution in [0.15, 0.2) is 63.5 Å². The van der Waals surface area contributed by atoms with Crippen LogP contribution in [-0.2, 0) is 0 Å². The van der Waals surface area contributed by atoms with Crippen LogP contribution < -0.4 is 15.0 Å². The summed E-state index contributed by atoms with van der Waals surface area (Å²) in [6.45, 7) is 7.15. The highest BCUT2D eigenvalue weighted by Gasteiger charge is 2.31. The fourth-order valence-electron chi connectivity index (χ4n) is 2.93. The average Bonchev–Trinajstić information content (AvgIpc) is 2.71. The van der Waals surface area contributed by atoms with Gasteiger partial charge in [0.2, 0.25) is 0 Å². The molecule has 0 radical (unpaired) electrons. The molecule has 0 unspecified atom stereocenters. The number of halogens is 3. The van der Waals surface area contributed by atoms with E-state index in [1.807, 2.05) is 13.8 Å². The first kappa shape index (κ1) is 24.7. The van der Waals surface area contributed by atoms with E-state index in [0.717, 1.165) is 22.9 Å². The Kier molecular flexibility index (Phi) is 7.08. The minimum absolute atomic E-state index is 0.120. The molecule has 3 rings (SSSR count). The fourth-order valence-corrected chi connectivity index (χ4v) is 3.72. The minimum Gasteiger partial charge on any atom is -0.490 e. The van der Waals surface area contributed by atoms with Gasteiger partial charge in [0.1, 0.15) is 18.1 Å². The van der Waals surface area contributed by atoms with E-state index in [9.17, 15) is 23.1 Å². The quantitative estimate of drug-likeness (QED) is 0.510. The molecule has 0 atom stereocenters. The maximum atomic E-state index is 13.1. The zero-order valence-electron chi connectivity index (χ0n) is 18.4. The summed E-state index contributed by atoms with van der Waals surface area (Å²) in [5.41, 5.74) is 0.942. The van der Waals surface area contributed by atoms with Gasteiger partial charge in [0, 0.05) is 17.3 Å². The Morgan fingerprint density at radius 3 is 2.33 bits per heavy atom. The Morgan fingerprint density at radius 1 is 1.06 bits per heavy atom.